The van der Waals surface area contributed by atoms with Crippen LogP contribution in [-0.2, 0) is 19.5 Å². The van der Waals surface area contributed by atoms with E-state index >= 15 is 0 Å². The minimum Gasteiger partial charge on any atom is -0.329 e. The van der Waals surface area contributed by atoms with Gasteiger partial charge >= 0.3 is 0 Å². The van der Waals surface area contributed by atoms with E-state index in [-0.39, 0.29) is 29.7 Å². The second-order valence-electron chi connectivity index (χ2n) is 6.79. The molecule has 0 saturated heterocycles. The summed E-state index contributed by atoms with van der Waals surface area (Å²) in [5, 5.41) is 10.2. The first-order valence-electron chi connectivity index (χ1n) is 9.26. The van der Waals surface area contributed by atoms with E-state index in [0.29, 0.717) is 41.1 Å². The molecule has 0 radical (unpaired) electrons. The number of carbonyl (C=O) groups is 2. The number of nitrogens with zero attached hydrogens (tertiary/aromatic N) is 3. The number of anilines is 1. The highest BCUT2D eigenvalue weighted by atomic mass is 35.5. The molecule has 8 nitrogen and oxygen atoms in total. The number of fused-ring (bicyclic) bond motifs is 2. The lowest BCUT2D eigenvalue weighted by Crippen LogP contribution is -2.36. The normalized spacial score (nSPS) is 12.9. The van der Waals surface area contributed by atoms with Crippen LogP contribution in [0.1, 0.15) is 45.8 Å². The van der Waals surface area contributed by atoms with Crippen molar-refractivity contribution in [2.24, 2.45) is 0 Å². The van der Waals surface area contributed by atoms with Gasteiger partial charge in [-0.05, 0) is 26.0 Å². The maximum atomic E-state index is 12.9. The molecule has 0 spiro atoms. The molecule has 0 aliphatic carbocycles. The number of nitrogens with one attached hydrogen (secondary N) is 2. The van der Waals surface area contributed by atoms with Crippen molar-refractivity contribution in [3.05, 3.63) is 63.2 Å². The summed E-state index contributed by atoms with van der Waals surface area (Å²) in [5.74, 6) is -0.446. The fourth-order valence-corrected chi connectivity index (χ4v) is 3.69. The summed E-state index contributed by atoms with van der Waals surface area (Å²) in [6, 6.07) is 6.76. The summed E-state index contributed by atoms with van der Waals surface area (Å²) < 4.78 is 3.29. The van der Waals surface area contributed by atoms with Gasteiger partial charge in [0.1, 0.15) is 5.56 Å². The minimum atomic E-state index is -0.369. The lowest BCUT2D eigenvalue weighted by molar-refractivity contribution is 0.101. The zero-order valence-electron chi connectivity index (χ0n) is 16.2. The molecule has 0 bridgehead atoms. The Balaban J connectivity index is 0.00000240. The smallest absolute Gasteiger partial charge is 0.279 e. The standard InChI is InChI=1S/C20H21N5O3.ClH/c1-3-24-17-7-8-21-10-15(17)20(28)25-19(24)16(11-22-25)18(27)23-14-6-4-5-13(9-14)12(2)26;/h4-6,9,11,21H,3,7-8,10H2,1-2H3,(H,23,27);1H. The van der Waals surface area contributed by atoms with Gasteiger partial charge in [-0.1, -0.05) is 12.1 Å². The van der Waals surface area contributed by atoms with Gasteiger partial charge in [0.15, 0.2) is 11.4 Å². The molecular weight excluding hydrogens is 394 g/mol. The number of Topliss-reactive ketones (excluding diaryl/α,β-unsaturated/α-hetero) is 1. The molecule has 2 N–H and O–H groups in total. The van der Waals surface area contributed by atoms with Gasteiger partial charge in [-0.15, -0.1) is 12.4 Å². The number of hydrogen-bond donors (Lipinski definition) is 2. The predicted molar refractivity (Wildman–Crippen MR) is 112 cm³/mol. The Morgan fingerprint density at radius 3 is 2.83 bits per heavy atom. The number of hydrogen-bond acceptors (Lipinski definition) is 5. The van der Waals surface area contributed by atoms with E-state index in [1.54, 1.807) is 24.3 Å². The first-order valence-corrected chi connectivity index (χ1v) is 9.26. The van der Waals surface area contributed by atoms with Crippen molar-refractivity contribution >= 4 is 35.4 Å². The van der Waals surface area contributed by atoms with E-state index in [9.17, 15) is 14.4 Å². The molecule has 3 aromatic rings. The van der Waals surface area contributed by atoms with Gasteiger partial charge in [0.05, 0.1) is 11.8 Å². The monoisotopic (exact) mass is 415 g/mol. The van der Waals surface area contributed by atoms with Crippen molar-refractivity contribution in [2.45, 2.75) is 33.4 Å². The lowest BCUT2D eigenvalue weighted by Gasteiger charge is -2.22. The molecule has 152 valence electrons. The van der Waals surface area contributed by atoms with E-state index in [4.69, 9.17) is 0 Å². The molecule has 0 saturated carbocycles. The fraction of sp³-hybridized carbons (Fsp3) is 0.300. The zero-order chi connectivity index (χ0) is 19.8. The van der Waals surface area contributed by atoms with E-state index < -0.39 is 0 Å². The SMILES string of the molecule is CCn1c2c(c(=O)n3ncc(C(=O)Nc4cccc(C(C)=O)c4)c13)CNCC2.Cl. The number of aryl methyl sites for hydroxylation is 1. The Morgan fingerprint density at radius 1 is 1.31 bits per heavy atom. The number of aromatic nitrogens is 3. The first-order chi connectivity index (χ1) is 13.5. The van der Waals surface area contributed by atoms with Crippen LogP contribution in [0, 0.1) is 0 Å². The van der Waals surface area contributed by atoms with Gasteiger partial charge in [-0.2, -0.15) is 9.61 Å². The van der Waals surface area contributed by atoms with Gasteiger partial charge in [0, 0.05) is 43.0 Å². The Hall–Kier alpha value is -2.97. The molecule has 0 atom stereocenters. The predicted octanol–water partition coefficient (Wildman–Crippen LogP) is 2.04. The number of rotatable bonds is 4. The van der Waals surface area contributed by atoms with Gasteiger partial charge in [0.25, 0.3) is 11.5 Å². The quantitative estimate of drug-likeness (QED) is 0.635. The number of amides is 1. The van der Waals surface area contributed by atoms with Gasteiger partial charge in [-0.3, -0.25) is 14.4 Å². The van der Waals surface area contributed by atoms with Crippen LogP contribution in [0.2, 0.25) is 0 Å². The topological polar surface area (TPSA) is 97.5 Å². The number of benzene rings is 1. The number of ketones is 1. The molecule has 1 aliphatic heterocycles. The Bertz CT molecular complexity index is 1160. The van der Waals surface area contributed by atoms with Crippen LogP contribution >= 0.6 is 12.4 Å². The second kappa shape index (κ2) is 8.18. The zero-order valence-corrected chi connectivity index (χ0v) is 17.0. The van der Waals surface area contributed by atoms with Crippen LogP contribution in [0.25, 0.3) is 5.65 Å². The third-order valence-electron chi connectivity index (χ3n) is 5.05. The number of carbonyl (C=O) groups excluding carboxylic acids is 2. The molecule has 2 aromatic heterocycles. The maximum absolute atomic E-state index is 12.9. The summed E-state index contributed by atoms with van der Waals surface area (Å²) in [7, 11) is 0. The van der Waals surface area contributed by atoms with Gasteiger partial charge in [-0.25, -0.2) is 0 Å². The van der Waals surface area contributed by atoms with Crippen molar-refractivity contribution < 1.29 is 9.59 Å². The van der Waals surface area contributed by atoms with Crippen molar-refractivity contribution in [1.82, 2.24) is 19.5 Å². The van der Waals surface area contributed by atoms with Gasteiger partial charge < -0.3 is 15.2 Å². The maximum Gasteiger partial charge on any atom is 0.279 e. The largest absolute Gasteiger partial charge is 0.329 e. The summed E-state index contributed by atoms with van der Waals surface area (Å²) >= 11 is 0. The molecule has 3 heterocycles. The Labute approximate surface area is 173 Å². The van der Waals surface area contributed by atoms with Crippen LogP contribution in [0.4, 0.5) is 5.69 Å². The van der Waals surface area contributed by atoms with E-state index in [1.807, 2.05) is 11.5 Å². The summed E-state index contributed by atoms with van der Waals surface area (Å²) in [6.45, 7) is 5.37. The van der Waals surface area contributed by atoms with Crippen molar-refractivity contribution in [3.8, 4) is 0 Å². The van der Waals surface area contributed by atoms with E-state index in [1.165, 1.54) is 17.6 Å². The highest BCUT2D eigenvalue weighted by Crippen LogP contribution is 2.19. The average molecular weight is 416 g/mol. The number of halogens is 1. The Morgan fingerprint density at radius 2 is 2.10 bits per heavy atom. The molecule has 0 unspecified atom stereocenters. The Kier molecular flexibility index (Phi) is 5.86. The molecule has 1 aliphatic rings. The molecule has 29 heavy (non-hydrogen) atoms. The summed E-state index contributed by atoms with van der Waals surface area (Å²) in [4.78, 5) is 37.3. The molecule has 9 heteroatoms. The van der Waals surface area contributed by atoms with Crippen LogP contribution in [-0.4, -0.2) is 32.4 Å². The van der Waals surface area contributed by atoms with Crippen LogP contribution in [0.15, 0.2) is 35.3 Å². The van der Waals surface area contributed by atoms with Crippen LogP contribution in [0.3, 0.4) is 0 Å². The average Bonchev–Trinajstić information content (AvgIpc) is 3.14. The lowest BCUT2D eigenvalue weighted by atomic mass is 10.1. The third-order valence-corrected chi connectivity index (χ3v) is 5.05. The third kappa shape index (κ3) is 3.56. The van der Waals surface area contributed by atoms with Crippen LogP contribution < -0.4 is 16.2 Å². The summed E-state index contributed by atoms with van der Waals surface area (Å²) in [6.07, 6.45) is 2.15. The van der Waals surface area contributed by atoms with Gasteiger partial charge in [0.2, 0.25) is 0 Å². The van der Waals surface area contributed by atoms with E-state index in [2.05, 4.69) is 15.7 Å². The van der Waals surface area contributed by atoms with Crippen molar-refractivity contribution in [2.75, 3.05) is 11.9 Å². The highest BCUT2D eigenvalue weighted by Gasteiger charge is 2.24. The minimum absolute atomic E-state index is 0. The van der Waals surface area contributed by atoms with E-state index in [0.717, 1.165) is 18.7 Å². The van der Waals surface area contributed by atoms with Crippen LogP contribution in [0.5, 0.6) is 0 Å². The molecule has 1 amide bonds. The van der Waals surface area contributed by atoms with Crippen molar-refractivity contribution in [3.63, 3.8) is 0 Å². The molecule has 4 rings (SSSR count). The summed E-state index contributed by atoms with van der Waals surface area (Å²) in [5.41, 5.74) is 3.31. The first kappa shape index (κ1) is 20.8. The second-order valence-corrected chi connectivity index (χ2v) is 6.79. The molecular formula is C20H22ClN5O3. The fourth-order valence-electron chi connectivity index (χ4n) is 3.69. The highest BCUT2D eigenvalue weighted by molar-refractivity contribution is 6.08. The van der Waals surface area contributed by atoms with Crippen molar-refractivity contribution in [1.29, 1.82) is 0 Å². The molecule has 0 fully saturated rings. The molecule has 1 aromatic carbocycles.